The second kappa shape index (κ2) is 4.99. The highest BCUT2D eigenvalue weighted by molar-refractivity contribution is 9.10. The van der Waals surface area contributed by atoms with E-state index < -0.39 is 0 Å². The first-order chi connectivity index (χ1) is 8.04. The van der Waals surface area contributed by atoms with E-state index in [1.807, 2.05) is 0 Å². The van der Waals surface area contributed by atoms with E-state index in [1.165, 1.54) is 16.6 Å². The molecule has 0 amide bonds. The lowest BCUT2D eigenvalue weighted by Gasteiger charge is -2.44. The monoisotopic (exact) mass is 296 g/mol. The molecule has 1 aliphatic rings. The zero-order valence-corrected chi connectivity index (χ0v) is 12.2. The van der Waals surface area contributed by atoms with Crippen LogP contribution in [0.25, 0.3) is 0 Å². The van der Waals surface area contributed by atoms with E-state index in [0.717, 1.165) is 19.6 Å². The quantitative estimate of drug-likeness (QED) is 0.908. The Hall–Kier alpha value is -0.540. The molecule has 0 aromatic heterocycles. The van der Waals surface area contributed by atoms with Crippen molar-refractivity contribution in [1.82, 2.24) is 0 Å². The van der Waals surface area contributed by atoms with Crippen molar-refractivity contribution < 1.29 is 0 Å². The standard InChI is InChI=1S/C14H21BrN2/c1-14(2)7-8-17(10-11(14)9-16)13-6-4-3-5-12(13)15/h3-6,11H,7-10,16H2,1-2H3. The summed E-state index contributed by atoms with van der Waals surface area (Å²) in [5.41, 5.74) is 7.58. The Morgan fingerprint density at radius 3 is 2.76 bits per heavy atom. The number of hydrogen-bond acceptors (Lipinski definition) is 2. The van der Waals surface area contributed by atoms with E-state index in [1.54, 1.807) is 0 Å². The number of para-hydroxylation sites is 1. The summed E-state index contributed by atoms with van der Waals surface area (Å²) in [4.78, 5) is 2.45. The first-order valence-corrected chi connectivity index (χ1v) is 7.03. The number of anilines is 1. The highest BCUT2D eigenvalue weighted by Gasteiger charge is 2.34. The third-order valence-corrected chi connectivity index (χ3v) is 4.72. The van der Waals surface area contributed by atoms with Crippen molar-refractivity contribution in [2.45, 2.75) is 20.3 Å². The van der Waals surface area contributed by atoms with Crippen LogP contribution >= 0.6 is 15.9 Å². The molecular formula is C14H21BrN2. The average molecular weight is 297 g/mol. The first kappa shape index (κ1) is 12.9. The second-order valence-corrected chi connectivity index (χ2v) is 6.42. The number of nitrogens with zero attached hydrogens (tertiary/aromatic N) is 1. The third-order valence-electron chi connectivity index (χ3n) is 4.05. The molecule has 3 heteroatoms. The minimum atomic E-state index is 0.368. The van der Waals surface area contributed by atoms with Crippen molar-refractivity contribution in [2.75, 3.05) is 24.5 Å². The molecule has 2 nitrogen and oxygen atoms in total. The predicted octanol–water partition coefficient (Wildman–Crippen LogP) is 3.26. The molecule has 1 aliphatic heterocycles. The average Bonchev–Trinajstić information content (AvgIpc) is 2.30. The van der Waals surface area contributed by atoms with Crippen LogP contribution in [0.5, 0.6) is 0 Å². The number of piperidine rings is 1. The van der Waals surface area contributed by atoms with E-state index in [-0.39, 0.29) is 0 Å². The molecule has 1 atom stereocenters. The van der Waals surface area contributed by atoms with Gasteiger partial charge in [0.05, 0.1) is 5.69 Å². The molecule has 1 heterocycles. The summed E-state index contributed by atoms with van der Waals surface area (Å²) in [5, 5.41) is 0. The van der Waals surface area contributed by atoms with E-state index in [2.05, 4.69) is 58.9 Å². The van der Waals surface area contributed by atoms with Crippen molar-refractivity contribution in [1.29, 1.82) is 0 Å². The molecule has 17 heavy (non-hydrogen) atoms. The van der Waals surface area contributed by atoms with Crippen LogP contribution in [0, 0.1) is 11.3 Å². The van der Waals surface area contributed by atoms with Crippen LogP contribution in [0.4, 0.5) is 5.69 Å². The van der Waals surface area contributed by atoms with Gasteiger partial charge in [0.15, 0.2) is 0 Å². The molecule has 1 unspecified atom stereocenters. The molecule has 1 aromatic carbocycles. The van der Waals surface area contributed by atoms with Gasteiger partial charge in [-0.2, -0.15) is 0 Å². The molecule has 0 saturated carbocycles. The Morgan fingerprint density at radius 2 is 2.12 bits per heavy atom. The molecule has 1 aromatic rings. The van der Waals surface area contributed by atoms with Gasteiger partial charge in [-0.1, -0.05) is 26.0 Å². The Balaban J connectivity index is 2.18. The van der Waals surface area contributed by atoms with Gasteiger partial charge < -0.3 is 10.6 Å². The number of benzene rings is 1. The molecule has 0 bridgehead atoms. The van der Waals surface area contributed by atoms with Gasteiger partial charge in [-0.3, -0.25) is 0 Å². The van der Waals surface area contributed by atoms with Crippen LogP contribution in [0.1, 0.15) is 20.3 Å². The van der Waals surface area contributed by atoms with Crippen LogP contribution in [-0.2, 0) is 0 Å². The van der Waals surface area contributed by atoms with Crippen molar-refractivity contribution >= 4 is 21.6 Å². The van der Waals surface area contributed by atoms with Gasteiger partial charge in [0.25, 0.3) is 0 Å². The molecule has 2 N–H and O–H groups in total. The maximum atomic E-state index is 5.92. The van der Waals surface area contributed by atoms with Gasteiger partial charge in [0.1, 0.15) is 0 Å². The zero-order chi connectivity index (χ0) is 12.5. The zero-order valence-electron chi connectivity index (χ0n) is 10.6. The highest BCUT2D eigenvalue weighted by atomic mass is 79.9. The minimum Gasteiger partial charge on any atom is -0.370 e. The number of rotatable bonds is 2. The molecular weight excluding hydrogens is 276 g/mol. The lowest BCUT2D eigenvalue weighted by molar-refractivity contribution is 0.177. The lowest BCUT2D eigenvalue weighted by Crippen LogP contribution is -2.47. The molecule has 2 rings (SSSR count). The van der Waals surface area contributed by atoms with Crippen LogP contribution in [0.2, 0.25) is 0 Å². The normalized spacial score (nSPS) is 23.8. The number of halogens is 1. The Morgan fingerprint density at radius 1 is 1.41 bits per heavy atom. The van der Waals surface area contributed by atoms with Crippen LogP contribution in [0.15, 0.2) is 28.7 Å². The number of nitrogens with two attached hydrogens (primary N) is 1. The van der Waals surface area contributed by atoms with Gasteiger partial charge in [-0.25, -0.2) is 0 Å². The lowest BCUT2D eigenvalue weighted by atomic mass is 9.73. The fourth-order valence-electron chi connectivity index (χ4n) is 2.55. The van der Waals surface area contributed by atoms with Crippen molar-refractivity contribution in [3.05, 3.63) is 28.7 Å². The van der Waals surface area contributed by atoms with Crippen LogP contribution in [0.3, 0.4) is 0 Å². The minimum absolute atomic E-state index is 0.368. The van der Waals surface area contributed by atoms with Crippen LogP contribution in [-0.4, -0.2) is 19.6 Å². The van der Waals surface area contributed by atoms with Gasteiger partial charge >= 0.3 is 0 Å². The predicted molar refractivity (Wildman–Crippen MR) is 77.3 cm³/mol. The maximum absolute atomic E-state index is 5.92. The van der Waals surface area contributed by atoms with Crippen molar-refractivity contribution in [3.63, 3.8) is 0 Å². The summed E-state index contributed by atoms with van der Waals surface area (Å²) in [6, 6.07) is 8.43. The van der Waals surface area contributed by atoms with Crippen LogP contribution < -0.4 is 10.6 Å². The highest BCUT2D eigenvalue weighted by Crippen LogP contribution is 2.38. The molecule has 1 fully saturated rings. The molecule has 0 aliphatic carbocycles. The molecule has 94 valence electrons. The Kier molecular flexibility index (Phi) is 3.79. The summed E-state index contributed by atoms with van der Waals surface area (Å²) in [6.07, 6.45) is 1.20. The van der Waals surface area contributed by atoms with Gasteiger partial charge in [0, 0.05) is 17.6 Å². The summed E-state index contributed by atoms with van der Waals surface area (Å²) in [6.45, 7) is 7.62. The van der Waals surface area contributed by atoms with Crippen molar-refractivity contribution in [3.8, 4) is 0 Å². The fraction of sp³-hybridized carbons (Fsp3) is 0.571. The topological polar surface area (TPSA) is 29.3 Å². The SMILES string of the molecule is CC1(C)CCN(c2ccccc2Br)CC1CN. The second-order valence-electron chi connectivity index (χ2n) is 5.57. The summed E-state index contributed by atoms with van der Waals surface area (Å²) >= 11 is 3.63. The van der Waals surface area contributed by atoms with Gasteiger partial charge in [-0.15, -0.1) is 0 Å². The van der Waals surface area contributed by atoms with Crippen molar-refractivity contribution in [2.24, 2.45) is 17.1 Å². The fourth-order valence-corrected chi connectivity index (χ4v) is 3.09. The third kappa shape index (κ3) is 2.66. The molecule has 1 saturated heterocycles. The molecule has 0 spiro atoms. The largest absolute Gasteiger partial charge is 0.370 e. The Bertz CT molecular complexity index is 390. The maximum Gasteiger partial charge on any atom is 0.0510 e. The van der Waals surface area contributed by atoms with Gasteiger partial charge in [-0.05, 0) is 52.4 Å². The van der Waals surface area contributed by atoms with Gasteiger partial charge in [0.2, 0.25) is 0 Å². The van der Waals surface area contributed by atoms with E-state index in [4.69, 9.17) is 5.73 Å². The van der Waals surface area contributed by atoms with E-state index in [9.17, 15) is 0 Å². The van der Waals surface area contributed by atoms with E-state index in [0.29, 0.717) is 11.3 Å². The summed E-state index contributed by atoms with van der Waals surface area (Å²) in [7, 11) is 0. The molecule has 0 radical (unpaired) electrons. The number of hydrogen-bond donors (Lipinski definition) is 1. The summed E-state index contributed by atoms with van der Waals surface area (Å²) in [5.74, 6) is 0.573. The first-order valence-electron chi connectivity index (χ1n) is 6.24. The van der Waals surface area contributed by atoms with E-state index >= 15 is 0 Å². The Labute approximate surface area is 112 Å². The smallest absolute Gasteiger partial charge is 0.0510 e. The summed E-state index contributed by atoms with van der Waals surface area (Å²) < 4.78 is 1.18.